The van der Waals surface area contributed by atoms with Crippen LogP contribution in [0.2, 0.25) is 0 Å². The number of ether oxygens (including phenoxy) is 3. The van der Waals surface area contributed by atoms with Crippen LogP contribution in [-0.2, 0) is 4.74 Å². The lowest BCUT2D eigenvalue weighted by Crippen LogP contribution is -2.37. The fourth-order valence-corrected chi connectivity index (χ4v) is 4.30. The van der Waals surface area contributed by atoms with Gasteiger partial charge in [0.1, 0.15) is 11.5 Å². The third-order valence-electron chi connectivity index (χ3n) is 6.46. The summed E-state index contributed by atoms with van der Waals surface area (Å²) in [7, 11) is 0. The van der Waals surface area contributed by atoms with E-state index in [0.717, 1.165) is 12.8 Å². The van der Waals surface area contributed by atoms with E-state index in [1.807, 2.05) is 13.0 Å². The van der Waals surface area contributed by atoms with Gasteiger partial charge in [-0.25, -0.2) is 0 Å². The summed E-state index contributed by atoms with van der Waals surface area (Å²) in [4.78, 5) is 12.9. The normalized spacial score (nSPS) is 16.5. The molecule has 0 spiro atoms. The van der Waals surface area contributed by atoms with Gasteiger partial charge in [0.15, 0.2) is 5.78 Å². The predicted octanol–water partition coefficient (Wildman–Crippen LogP) is 4.95. The monoisotopic (exact) mass is 511 g/mol. The van der Waals surface area contributed by atoms with Gasteiger partial charge in [-0.05, 0) is 56.7 Å². The topological polar surface area (TPSA) is 111 Å². The first-order valence-corrected chi connectivity index (χ1v) is 13.4. The summed E-state index contributed by atoms with van der Waals surface area (Å²) in [5.41, 5.74) is 9.89. The minimum Gasteiger partial charge on any atom is -0.494 e. The van der Waals surface area contributed by atoms with Gasteiger partial charge in [-0.15, -0.1) is 10.2 Å². The number of nitrogens with one attached hydrogen (secondary N) is 1. The third kappa shape index (κ3) is 8.55. The molecule has 0 unspecified atom stereocenters. The zero-order valence-corrected chi connectivity index (χ0v) is 22.4. The highest BCUT2D eigenvalue weighted by Gasteiger charge is 2.18. The number of carbonyl (C=O) groups is 1. The minimum atomic E-state index is -0.167. The first-order chi connectivity index (χ1) is 17.9. The largest absolute Gasteiger partial charge is 0.494 e. The second-order valence-corrected chi connectivity index (χ2v) is 9.30. The molecule has 0 aromatic heterocycles. The Morgan fingerprint density at radius 1 is 1.14 bits per heavy atom. The Bertz CT molecular complexity index is 1010. The van der Waals surface area contributed by atoms with E-state index in [1.54, 1.807) is 24.3 Å². The molecule has 0 amide bonds. The van der Waals surface area contributed by atoms with Crippen molar-refractivity contribution in [2.24, 2.45) is 21.9 Å². The van der Waals surface area contributed by atoms with Crippen LogP contribution in [0.3, 0.4) is 0 Å². The lowest BCUT2D eigenvalue weighted by molar-refractivity contribution is 0.0990. The Morgan fingerprint density at radius 3 is 2.51 bits per heavy atom. The lowest BCUT2D eigenvalue weighted by atomic mass is 9.90. The minimum absolute atomic E-state index is 0.0485. The highest BCUT2D eigenvalue weighted by Crippen LogP contribution is 2.27. The van der Waals surface area contributed by atoms with Crippen LogP contribution in [0.1, 0.15) is 76.1 Å². The fraction of sp³-hybridized carbons (Fsp3) is 0.536. The molecular weight excluding hydrogens is 470 g/mol. The van der Waals surface area contributed by atoms with Crippen LogP contribution >= 0.6 is 0 Å². The highest BCUT2D eigenvalue weighted by atomic mass is 16.5. The van der Waals surface area contributed by atoms with Gasteiger partial charge in [0.2, 0.25) is 11.9 Å². The molecule has 3 N–H and O–H groups in total. The van der Waals surface area contributed by atoms with Crippen LogP contribution < -0.4 is 20.6 Å². The van der Waals surface area contributed by atoms with Crippen molar-refractivity contribution in [1.82, 2.24) is 10.4 Å². The van der Waals surface area contributed by atoms with Crippen LogP contribution in [-0.4, -0.2) is 48.5 Å². The Balaban J connectivity index is 1.61. The van der Waals surface area contributed by atoms with Gasteiger partial charge in [-0.2, -0.15) is 5.01 Å². The first-order valence-electron chi connectivity index (χ1n) is 13.4. The number of carbonyl (C=O) groups excluding carboxylic acids is 1. The lowest BCUT2D eigenvalue weighted by Gasteiger charge is -2.24. The molecule has 1 aliphatic carbocycles. The van der Waals surface area contributed by atoms with Gasteiger partial charge >= 0.3 is 0 Å². The van der Waals surface area contributed by atoms with Crippen LogP contribution in [0, 0.1) is 5.92 Å². The Kier molecular flexibility index (Phi) is 10.9. The Hall–Kier alpha value is -3.49. The molecule has 9 nitrogen and oxygen atoms in total. The maximum absolute atomic E-state index is 12.9. The number of hydrogen-bond donors (Lipinski definition) is 2. The van der Waals surface area contributed by atoms with E-state index in [4.69, 9.17) is 19.9 Å². The van der Waals surface area contributed by atoms with Crippen LogP contribution in [0.4, 0.5) is 0 Å². The van der Waals surface area contributed by atoms with Crippen molar-refractivity contribution in [3.63, 3.8) is 0 Å². The molecule has 1 aromatic carbocycles. The second kappa shape index (κ2) is 14.3. The SMILES string of the molecule is C=C1C=CC(OC(CC)CC)=NN1/C(N)=N\NCC(=O)c1cc(OCC)cc(OCC2CCCCC2)c1. The number of hydrogen-bond acceptors (Lipinski definition) is 7. The van der Waals surface area contributed by atoms with E-state index >= 15 is 0 Å². The first kappa shape index (κ1) is 28.1. The van der Waals surface area contributed by atoms with Crippen molar-refractivity contribution in [1.29, 1.82) is 0 Å². The van der Waals surface area contributed by atoms with Crippen LogP contribution in [0.5, 0.6) is 11.5 Å². The number of rotatable bonds is 12. The molecule has 0 saturated heterocycles. The summed E-state index contributed by atoms with van der Waals surface area (Å²) in [5, 5.41) is 9.89. The molecule has 1 fully saturated rings. The van der Waals surface area contributed by atoms with Gasteiger partial charge in [0.25, 0.3) is 0 Å². The summed E-state index contributed by atoms with van der Waals surface area (Å²) in [6.07, 6.45) is 11.5. The second-order valence-electron chi connectivity index (χ2n) is 9.30. The van der Waals surface area contributed by atoms with Crippen molar-refractivity contribution in [2.75, 3.05) is 19.8 Å². The van der Waals surface area contributed by atoms with E-state index in [1.165, 1.54) is 37.1 Å². The number of ketones is 1. The Labute approximate surface area is 220 Å². The van der Waals surface area contributed by atoms with Crippen molar-refractivity contribution < 1.29 is 19.0 Å². The fourth-order valence-electron chi connectivity index (χ4n) is 4.30. The molecule has 1 saturated carbocycles. The van der Waals surface area contributed by atoms with E-state index < -0.39 is 0 Å². The molecule has 202 valence electrons. The molecular formula is C28H41N5O4. The van der Waals surface area contributed by atoms with Crippen molar-refractivity contribution >= 4 is 17.6 Å². The molecule has 0 atom stereocenters. The Morgan fingerprint density at radius 2 is 1.84 bits per heavy atom. The number of benzene rings is 1. The molecule has 2 aliphatic rings. The number of hydrazone groups is 2. The maximum Gasteiger partial charge on any atom is 0.239 e. The highest BCUT2D eigenvalue weighted by molar-refractivity contribution is 5.98. The molecule has 0 bridgehead atoms. The summed E-state index contributed by atoms with van der Waals surface area (Å²) in [5.74, 6) is 2.12. The van der Waals surface area contributed by atoms with E-state index in [-0.39, 0.29) is 24.4 Å². The summed E-state index contributed by atoms with van der Waals surface area (Å²) < 4.78 is 17.6. The molecule has 9 heteroatoms. The summed E-state index contributed by atoms with van der Waals surface area (Å²) in [6, 6.07) is 5.31. The number of nitrogens with zero attached hydrogens (tertiary/aromatic N) is 3. The van der Waals surface area contributed by atoms with Crippen LogP contribution in [0.15, 0.2) is 52.8 Å². The van der Waals surface area contributed by atoms with E-state index in [2.05, 4.69) is 36.1 Å². The zero-order valence-electron chi connectivity index (χ0n) is 22.4. The zero-order chi connectivity index (χ0) is 26.6. The molecule has 1 heterocycles. The predicted molar refractivity (Wildman–Crippen MR) is 147 cm³/mol. The molecule has 0 radical (unpaired) electrons. The van der Waals surface area contributed by atoms with Gasteiger partial charge in [0, 0.05) is 17.7 Å². The van der Waals surface area contributed by atoms with E-state index in [9.17, 15) is 4.79 Å². The van der Waals surface area contributed by atoms with Crippen molar-refractivity contribution in [3.05, 3.63) is 48.2 Å². The van der Waals surface area contributed by atoms with Crippen molar-refractivity contribution in [2.45, 2.75) is 71.8 Å². The molecule has 1 aliphatic heterocycles. The smallest absolute Gasteiger partial charge is 0.239 e. The molecule has 3 rings (SSSR count). The van der Waals surface area contributed by atoms with Gasteiger partial charge in [-0.3, -0.25) is 10.2 Å². The average Bonchev–Trinajstić information content (AvgIpc) is 2.92. The number of allylic oxidation sites excluding steroid dienone is 1. The van der Waals surface area contributed by atoms with Gasteiger partial charge in [0.05, 0.1) is 31.6 Å². The number of Topliss-reactive ketones (excluding diaryl/α,β-unsaturated/α-hetero) is 1. The van der Waals surface area contributed by atoms with E-state index in [0.29, 0.717) is 47.8 Å². The molecule has 37 heavy (non-hydrogen) atoms. The third-order valence-corrected chi connectivity index (χ3v) is 6.46. The van der Waals surface area contributed by atoms with Gasteiger partial charge < -0.3 is 19.9 Å². The number of guanidine groups is 1. The van der Waals surface area contributed by atoms with Crippen LogP contribution in [0.25, 0.3) is 0 Å². The van der Waals surface area contributed by atoms with Gasteiger partial charge in [-0.1, -0.05) is 39.7 Å². The maximum atomic E-state index is 12.9. The van der Waals surface area contributed by atoms with Crippen molar-refractivity contribution in [3.8, 4) is 11.5 Å². The quantitative estimate of drug-likeness (QED) is 0.177. The molecule has 1 aromatic rings. The number of nitrogens with two attached hydrogens (primary N) is 1. The summed E-state index contributed by atoms with van der Waals surface area (Å²) in [6.45, 7) is 11.1. The average molecular weight is 512 g/mol. The standard InChI is InChI=1S/C28H41N5O4/c1-5-23(6-2)37-27-14-13-20(4)33(32-27)28(29)31-30-18-26(34)22-15-24(35-7-3)17-25(16-22)36-19-21-11-9-8-10-12-21/h13-17,21,23,30H,4-12,18-19H2,1-3H3,(H2,29,31). The summed E-state index contributed by atoms with van der Waals surface area (Å²) >= 11 is 0.